The summed E-state index contributed by atoms with van der Waals surface area (Å²) in [5, 5.41) is 13.8. The van der Waals surface area contributed by atoms with Crippen LogP contribution in [0.5, 0.6) is 0 Å². The number of nitrogens with one attached hydrogen (secondary N) is 2. The fourth-order valence-corrected chi connectivity index (χ4v) is 2.06. The van der Waals surface area contributed by atoms with Gasteiger partial charge in [-0.25, -0.2) is 9.59 Å². The zero-order chi connectivity index (χ0) is 21.1. The first-order valence-corrected chi connectivity index (χ1v) is 8.87. The Morgan fingerprint density at radius 1 is 1.21 bits per heavy atom. The Bertz CT molecular complexity index is 761. The van der Waals surface area contributed by atoms with Crippen LogP contribution >= 0.6 is 0 Å². The lowest BCUT2D eigenvalue weighted by Gasteiger charge is -2.11. The van der Waals surface area contributed by atoms with Gasteiger partial charge in [0.15, 0.2) is 6.61 Å². The van der Waals surface area contributed by atoms with Gasteiger partial charge in [-0.2, -0.15) is 5.26 Å². The van der Waals surface area contributed by atoms with Crippen LogP contribution in [0.4, 0.5) is 10.5 Å². The molecule has 0 aliphatic rings. The molecule has 0 aliphatic carbocycles. The average molecular weight is 386 g/mol. The van der Waals surface area contributed by atoms with Crippen LogP contribution in [-0.4, -0.2) is 45.2 Å². The summed E-state index contributed by atoms with van der Waals surface area (Å²) in [6.45, 7) is 3.81. The van der Waals surface area contributed by atoms with Crippen LogP contribution in [0.3, 0.4) is 0 Å². The average Bonchev–Trinajstić information content (AvgIpc) is 2.64. The smallest absolute Gasteiger partial charge is 0.349 e. The highest BCUT2D eigenvalue weighted by molar-refractivity contribution is 6.00. The molecule has 8 heteroatoms. The van der Waals surface area contributed by atoms with Crippen LogP contribution in [0.15, 0.2) is 29.8 Å². The number of carbonyl (C=O) groups is 3. The molecule has 3 amide bonds. The third-order valence-corrected chi connectivity index (χ3v) is 3.66. The monoisotopic (exact) mass is 386 g/mol. The maximum atomic E-state index is 12.0. The number of nitrogens with zero attached hydrogens (tertiary/aromatic N) is 2. The molecule has 0 spiro atoms. The van der Waals surface area contributed by atoms with E-state index < -0.39 is 24.5 Å². The van der Waals surface area contributed by atoms with E-state index in [0.29, 0.717) is 18.0 Å². The van der Waals surface area contributed by atoms with Crippen molar-refractivity contribution in [2.75, 3.05) is 32.1 Å². The Hall–Kier alpha value is -3.34. The van der Waals surface area contributed by atoms with Crippen LogP contribution in [0.2, 0.25) is 0 Å². The largest absolute Gasteiger partial charge is 0.451 e. The first kappa shape index (κ1) is 22.7. The second-order valence-electron chi connectivity index (χ2n) is 6.72. The summed E-state index contributed by atoms with van der Waals surface area (Å²) in [6, 6.07) is 8.31. The number of amides is 3. The summed E-state index contributed by atoms with van der Waals surface area (Å²) < 4.78 is 4.80. The zero-order valence-electron chi connectivity index (χ0n) is 16.6. The predicted molar refractivity (Wildman–Crippen MR) is 106 cm³/mol. The van der Waals surface area contributed by atoms with Crippen LogP contribution in [0, 0.1) is 17.2 Å². The van der Waals surface area contributed by atoms with Crippen LogP contribution < -0.4 is 15.5 Å². The van der Waals surface area contributed by atoms with Crippen molar-refractivity contribution in [3.63, 3.8) is 0 Å². The van der Waals surface area contributed by atoms with Crippen LogP contribution in [-0.2, 0) is 14.3 Å². The van der Waals surface area contributed by atoms with Crippen molar-refractivity contribution in [3.05, 3.63) is 35.4 Å². The Kier molecular flexibility index (Phi) is 9.23. The lowest BCUT2D eigenvalue weighted by atomic mass is 10.1. The number of imide groups is 1. The summed E-state index contributed by atoms with van der Waals surface area (Å²) in [5.41, 5.74) is 1.38. The molecule has 0 atom stereocenters. The van der Waals surface area contributed by atoms with Crippen molar-refractivity contribution in [2.24, 2.45) is 5.92 Å². The minimum absolute atomic E-state index is 0.244. The number of nitriles is 1. The van der Waals surface area contributed by atoms with E-state index in [1.807, 2.05) is 45.0 Å². The molecule has 0 unspecified atom stereocenters. The van der Waals surface area contributed by atoms with Gasteiger partial charge in [0.2, 0.25) is 0 Å². The van der Waals surface area contributed by atoms with Crippen molar-refractivity contribution < 1.29 is 19.1 Å². The third kappa shape index (κ3) is 8.36. The highest BCUT2D eigenvalue weighted by Crippen LogP contribution is 2.15. The van der Waals surface area contributed by atoms with Crippen LogP contribution in [0.25, 0.3) is 6.08 Å². The fourth-order valence-electron chi connectivity index (χ4n) is 2.06. The van der Waals surface area contributed by atoms with Crippen molar-refractivity contribution in [1.82, 2.24) is 10.6 Å². The summed E-state index contributed by atoms with van der Waals surface area (Å²) in [6.07, 6.45) is 2.15. The Morgan fingerprint density at radius 2 is 1.86 bits per heavy atom. The normalized spacial score (nSPS) is 10.8. The summed E-state index contributed by atoms with van der Waals surface area (Å²) in [4.78, 5) is 37.1. The number of carbonyl (C=O) groups excluding carboxylic acids is 3. The molecule has 28 heavy (non-hydrogen) atoms. The quantitative estimate of drug-likeness (QED) is 0.402. The number of urea groups is 1. The third-order valence-electron chi connectivity index (χ3n) is 3.66. The number of benzene rings is 1. The van der Waals surface area contributed by atoms with Crippen molar-refractivity contribution >= 4 is 29.7 Å². The molecule has 0 aliphatic heterocycles. The number of ether oxygens (including phenoxy) is 1. The molecule has 0 bridgehead atoms. The standard InChI is InChI=1S/C20H26N4O4/c1-14(2)9-10-22-20(27)23-18(25)13-28-19(26)16(12-21)11-15-5-7-17(8-6-15)24(3)4/h5-8,11,14H,9-10,13H2,1-4H3,(H2,22,23,25,27)/b16-11+. The maximum Gasteiger partial charge on any atom is 0.349 e. The number of hydrogen-bond donors (Lipinski definition) is 2. The molecule has 0 aromatic heterocycles. The molecule has 0 saturated heterocycles. The van der Waals surface area contributed by atoms with Crippen molar-refractivity contribution in [3.8, 4) is 6.07 Å². The van der Waals surface area contributed by atoms with Gasteiger partial charge in [0.1, 0.15) is 11.6 Å². The Morgan fingerprint density at radius 3 is 2.39 bits per heavy atom. The summed E-state index contributed by atoms with van der Waals surface area (Å²) >= 11 is 0. The molecule has 150 valence electrons. The van der Waals surface area contributed by atoms with Gasteiger partial charge in [0.05, 0.1) is 0 Å². The van der Waals surface area contributed by atoms with Gasteiger partial charge in [0.25, 0.3) is 5.91 Å². The second kappa shape index (κ2) is 11.4. The number of hydrogen-bond acceptors (Lipinski definition) is 6. The highest BCUT2D eigenvalue weighted by Gasteiger charge is 2.14. The van der Waals surface area contributed by atoms with Gasteiger partial charge in [0, 0.05) is 26.3 Å². The van der Waals surface area contributed by atoms with Crippen molar-refractivity contribution in [1.29, 1.82) is 5.26 Å². The van der Waals surface area contributed by atoms with E-state index in [4.69, 9.17) is 10.00 Å². The van der Waals surface area contributed by atoms with Crippen molar-refractivity contribution in [2.45, 2.75) is 20.3 Å². The van der Waals surface area contributed by atoms with Gasteiger partial charge in [-0.15, -0.1) is 0 Å². The van der Waals surface area contributed by atoms with Crippen LogP contribution in [0.1, 0.15) is 25.8 Å². The lowest BCUT2D eigenvalue weighted by molar-refractivity contribution is -0.144. The molecule has 0 heterocycles. The zero-order valence-corrected chi connectivity index (χ0v) is 16.6. The van der Waals surface area contributed by atoms with E-state index >= 15 is 0 Å². The Balaban J connectivity index is 2.54. The molecule has 0 saturated carbocycles. The molecule has 0 radical (unpaired) electrons. The van der Waals surface area contributed by atoms with E-state index in [-0.39, 0.29) is 5.57 Å². The minimum Gasteiger partial charge on any atom is -0.451 e. The molecule has 1 aromatic rings. The predicted octanol–water partition coefficient (Wildman–Crippen LogP) is 2.07. The van der Waals surface area contributed by atoms with Gasteiger partial charge >= 0.3 is 12.0 Å². The number of esters is 1. The summed E-state index contributed by atoms with van der Waals surface area (Å²) in [7, 11) is 3.80. The van der Waals surface area contributed by atoms with E-state index in [1.165, 1.54) is 6.08 Å². The molecule has 0 fully saturated rings. The van der Waals surface area contributed by atoms with Gasteiger partial charge in [-0.05, 0) is 36.1 Å². The van der Waals surface area contributed by atoms with E-state index in [9.17, 15) is 14.4 Å². The topological polar surface area (TPSA) is 112 Å². The molecule has 2 N–H and O–H groups in total. The van der Waals surface area contributed by atoms with E-state index in [0.717, 1.165) is 12.1 Å². The molecular weight excluding hydrogens is 360 g/mol. The highest BCUT2D eigenvalue weighted by atomic mass is 16.5. The molecule has 1 rings (SSSR count). The molecular formula is C20H26N4O4. The fraction of sp³-hybridized carbons (Fsp3) is 0.400. The molecule has 8 nitrogen and oxygen atoms in total. The second-order valence-corrected chi connectivity index (χ2v) is 6.72. The first-order chi connectivity index (χ1) is 13.2. The Labute approximate surface area is 165 Å². The first-order valence-electron chi connectivity index (χ1n) is 8.87. The number of anilines is 1. The summed E-state index contributed by atoms with van der Waals surface area (Å²) in [5.74, 6) is -1.29. The van der Waals surface area contributed by atoms with Gasteiger partial charge in [-0.3, -0.25) is 10.1 Å². The molecule has 1 aromatic carbocycles. The van der Waals surface area contributed by atoms with Gasteiger partial charge < -0.3 is 15.0 Å². The van der Waals surface area contributed by atoms with Gasteiger partial charge in [-0.1, -0.05) is 26.0 Å². The number of rotatable bonds is 8. The van der Waals surface area contributed by atoms with E-state index in [1.54, 1.807) is 18.2 Å². The minimum atomic E-state index is -0.936. The maximum absolute atomic E-state index is 12.0. The lowest BCUT2D eigenvalue weighted by Crippen LogP contribution is -2.42. The SMILES string of the molecule is CC(C)CCNC(=O)NC(=O)COC(=O)/C(C#N)=C/c1ccc(N(C)C)cc1. The van der Waals surface area contributed by atoms with E-state index in [2.05, 4.69) is 10.6 Å².